The molecule has 0 amide bonds. The average Bonchev–Trinajstić information content (AvgIpc) is 3.33. The normalized spacial score (nSPS) is 25.9. The molecule has 0 bridgehead atoms. The Morgan fingerprint density at radius 2 is 1.91 bits per heavy atom. The third kappa shape index (κ3) is 9.42. The first-order chi connectivity index (χ1) is 21.6. The molecule has 1 aromatic carbocycles. The fraction of sp³-hybridized carbons (Fsp3) is 0.500. The topological polar surface area (TPSA) is 106 Å². The van der Waals surface area contributed by atoms with E-state index in [1.54, 1.807) is 23.1 Å². The Kier molecular flexibility index (Phi) is 12.2. The molecule has 241 valence electrons. The van der Waals surface area contributed by atoms with Gasteiger partial charge < -0.3 is 38.0 Å². The monoisotopic (exact) mass is 619 g/mol. The van der Waals surface area contributed by atoms with Crippen molar-refractivity contribution in [1.82, 2.24) is 4.98 Å². The molecular weight excluding hydrogens is 575 g/mol. The van der Waals surface area contributed by atoms with Crippen LogP contribution < -0.4 is 14.3 Å². The minimum atomic E-state index is -0.701. The summed E-state index contributed by atoms with van der Waals surface area (Å²) in [6.45, 7) is 10.7. The number of pyridine rings is 1. The molecule has 0 spiro atoms. The van der Waals surface area contributed by atoms with Crippen LogP contribution in [0.4, 0.5) is 5.82 Å². The quantitative estimate of drug-likeness (QED) is 0.0804. The van der Waals surface area contributed by atoms with Gasteiger partial charge in [0.2, 0.25) is 0 Å². The zero-order chi connectivity index (χ0) is 32.4. The van der Waals surface area contributed by atoms with Crippen molar-refractivity contribution in [3.8, 4) is 11.5 Å². The standard InChI is InChI=1S/C34H44BN2O8/c1-23-14-15-24(2)32-28(44-34(4,5)45-32)12-9-11-26-19-27(20-29(42-22-40-6)31(26)33(39)43-25(23)3)41-18-10-17-37(35-21-38)30-13-7-8-16-36-30/h7-9,11,13-16,19-21,23-25,28,32H,10,12,17-18,22H2,1-6H3/b11-9+,15-14-/t23-,24?,25?,28?,32?/m1/s1. The van der Waals surface area contributed by atoms with E-state index in [9.17, 15) is 9.59 Å². The summed E-state index contributed by atoms with van der Waals surface area (Å²) in [5, 5.41) is 0. The Hall–Kier alpha value is -3.67. The van der Waals surface area contributed by atoms with E-state index >= 15 is 0 Å². The van der Waals surface area contributed by atoms with Crippen molar-refractivity contribution in [2.45, 2.75) is 71.6 Å². The molecule has 0 aliphatic carbocycles. The maximum absolute atomic E-state index is 13.7. The predicted octanol–water partition coefficient (Wildman–Crippen LogP) is 5.46. The first-order valence-corrected chi connectivity index (χ1v) is 15.4. The van der Waals surface area contributed by atoms with E-state index < -0.39 is 17.9 Å². The average molecular weight is 620 g/mol. The number of fused-ring (bicyclic) bond motifs is 2. The van der Waals surface area contributed by atoms with Gasteiger partial charge >= 0.3 is 13.4 Å². The molecule has 45 heavy (non-hydrogen) atoms. The number of anilines is 1. The maximum Gasteiger partial charge on any atom is 0.342 e. The summed E-state index contributed by atoms with van der Waals surface area (Å²) in [7, 11) is 2.96. The highest BCUT2D eigenvalue weighted by Crippen LogP contribution is 2.36. The summed E-state index contributed by atoms with van der Waals surface area (Å²) in [5.41, 5.74) is 0.870. The number of esters is 1. The summed E-state index contributed by atoms with van der Waals surface area (Å²) in [6, 6.07) is 9.00. The molecule has 1 radical (unpaired) electrons. The van der Waals surface area contributed by atoms with Gasteiger partial charge in [-0.25, -0.2) is 9.78 Å². The van der Waals surface area contributed by atoms with Gasteiger partial charge in [0.15, 0.2) is 12.6 Å². The molecule has 0 N–H and O–H groups in total. The summed E-state index contributed by atoms with van der Waals surface area (Å²) in [6.07, 6.45) is 10.9. The fourth-order valence-electron chi connectivity index (χ4n) is 5.34. The zero-order valence-corrected chi connectivity index (χ0v) is 27.0. The number of cyclic esters (lactones) is 1. The maximum atomic E-state index is 13.7. The van der Waals surface area contributed by atoms with Gasteiger partial charge in [-0.2, -0.15) is 0 Å². The largest absolute Gasteiger partial charge is 0.493 e. The fourth-order valence-corrected chi connectivity index (χ4v) is 5.34. The van der Waals surface area contributed by atoms with Crippen molar-refractivity contribution < 1.29 is 38.0 Å². The van der Waals surface area contributed by atoms with E-state index in [-0.39, 0.29) is 36.4 Å². The summed E-state index contributed by atoms with van der Waals surface area (Å²) >= 11 is 0. The van der Waals surface area contributed by atoms with Crippen LogP contribution in [-0.4, -0.2) is 75.7 Å². The van der Waals surface area contributed by atoms with Gasteiger partial charge in [-0.05, 0) is 57.4 Å². The summed E-state index contributed by atoms with van der Waals surface area (Å²) < 4.78 is 35.7. The number of ether oxygens (including phenoxy) is 6. The van der Waals surface area contributed by atoms with Crippen LogP contribution in [0.1, 0.15) is 63.4 Å². The van der Waals surface area contributed by atoms with Crippen molar-refractivity contribution in [3.05, 3.63) is 65.9 Å². The number of rotatable bonds is 11. The van der Waals surface area contributed by atoms with E-state index in [1.807, 2.05) is 58.0 Å². The van der Waals surface area contributed by atoms with Crippen molar-refractivity contribution >= 4 is 31.5 Å². The van der Waals surface area contributed by atoms with Gasteiger partial charge in [-0.1, -0.05) is 44.2 Å². The highest BCUT2D eigenvalue weighted by atomic mass is 16.8. The molecular formula is C34H44BN2O8. The molecule has 3 heterocycles. The van der Waals surface area contributed by atoms with E-state index in [0.29, 0.717) is 48.9 Å². The SMILES string of the molecule is COCOc1cc(OCCCN([B]C=O)c2ccccn2)cc2c1C(=O)OC(C)[C@H](C)/C=C\C(C)C1OC(C)(C)OC1C/C=C/2. The van der Waals surface area contributed by atoms with Crippen LogP contribution in [0.25, 0.3) is 6.08 Å². The predicted molar refractivity (Wildman–Crippen MR) is 173 cm³/mol. The minimum Gasteiger partial charge on any atom is -0.493 e. The molecule has 11 heteroatoms. The molecule has 2 aliphatic rings. The summed E-state index contributed by atoms with van der Waals surface area (Å²) in [5.74, 6) is 0.328. The first-order valence-electron chi connectivity index (χ1n) is 15.4. The molecule has 5 atom stereocenters. The van der Waals surface area contributed by atoms with Crippen LogP contribution in [0.3, 0.4) is 0 Å². The number of carbonyl (C=O) groups is 2. The van der Waals surface area contributed by atoms with E-state index in [2.05, 4.69) is 24.1 Å². The lowest BCUT2D eigenvalue weighted by Gasteiger charge is -2.23. The number of hydrogen-bond donors (Lipinski definition) is 0. The number of aromatic nitrogens is 1. The van der Waals surface area contributed by atoms with Crippen LogP contribution in [0.5, 0.6) is 11.5 Å². The Labute approximate surface area is 266 Å². The number of hydrogen-bond acceptors (Lipinski definition) is 10. The van der Waals surface area contributed by atoms with Gasteiger partial charge in [0.1, 0.15) is 35.2 Å². The highest BCUT2D eigenvalue weighted by molar-refractivity contribution is 6.70. The van der Waals surface area contributed by atoms with Gasteiger partial charge in [-0.15, -0.1) is 0 Å². The van der Waals surface area contributed by atoms with Gasteiger partial charge in [-0.3, -0.25) is 0 Å². The highest BCUT2D eigenvalue weighted by Gasteiger charge is 2.42. The first kappa shape index (κ1) is 34.2. The van der Waals surface area contributed by atoms with Crippen LogP contribution in [0.2, 0.25) is 0 Å². The number of nitrogens with zero attached hydrogens (tertiary/aromatic N) is 2. The van der Waals surface area contributed by atoms with Crippen molar-refractivity contribution in [2.24, 2.45) is 11.8 Å². The van der Waals surface area contributed by atoms with Crippen molar-refractivity contribution in [3.63, 3.8) is 0 Å². The van der Waals surface area contributed by atoms with E-state index in [0.717, 1.165) is 6.19 Å². The summed E-state index contributed by atoms with van der Waals surface area (Å²) in [4.78, 5) is 31.0. The molecule has 1 fully saturated rings. The lowest BCUT2D eigenvalue weighted by Crippen LogP contribution is -2.31. The number of methoxy groups -OCH3 is 1. The minimum absolute atomic E-state index is 0.0415. The second-order valence-corrected chi connectivity index (χ2v) is 11.8. The Bertz CT molecular complexity index is 1330. The zero-order valence-electron chi connectivity index (χ0n) is 27.0. The number of benzene rings is 1. The second kappa shape index (κ2) is 16.1. The van der Waals surface area contributed by atoms with E-state index in [4.69, 9.17) is 28.4 Å². The molecule has 4 unspecified atom stereocenters. The third-order valence-corrected chi connectivity index (χ3v) is 7.80. The molecule has 4 rings (SSSR count). The van der Waals surface area contributed by atoms with Gasteiger partial charge in [0, 0.05) is 37.8 Å². The van der Waals surface area contributed by atoms with Crippen LogP contribution in [-0.2, 0) is 23.7 Å². The third-order valence-electron chi connectivity index (χ3n) is 7.80. The molecule has 2 aliphatic heterocycles. The van der Waals surface area contributed by atoms with Gasteiger partial charge in [0.05, 0.1) is 18.8 Å². The molecule has 10 nitrogen and oxygen atoms in total. The molecule has 2 aromatic rings. The smallest absolute Gasteiger partial charge is 0.342 e. The van der Waals surface area contributed by atoms with Crippen LogP contribution in [0, 0.1) is 11.8 Å². The van der Waals surface area contributed by atoms with Gasteiger partial charge in [0.25, 0.3) is 0 Å². The Morgan fingerprint density at radius 1 is 1.11 bits per heavy atom. The van der Waals surface area contributed by atoms with E-state index in [1.165, 1.54) is 14.5 Å². The molecule has 1 saturated heterocycles. The van der Waals surface area contributed by atoms with Crippen LogP contribution in [0.15, 0.2) is 54.8 Å². The van der Waals surface area contributed by atoms with Crippen molar-refractivity contribution in [1.29, 1.82) is 0 Å². The lowest BCUT2D eigenvalue weighted by atomic mass is 9.94. The molecule has 1 aromatic heterocycles. The van der Waals surface area contributed by atoms with Crippen molar-refractivity contribution in [2.75, 3.05) is 31.9 Å². The van der Waals surface area contributed by atoms with Crippen LogP contribution >= 0.6 is 0 Å². The molecule has 0 saturated carbocycles. The second-order valence-electron chi connectivity index (χ2n) is 11.8. The lowest BCUT2D eigenvalue weighted by molar-refractivity contribution is -0.148. The Morgan fingerprint density at radius 3 is 2.64 bits per heavy atom. The number of carbonyl (C=O) groups excluding carboxylic acids is 2. The Balaban J connectivity index is 1.61.